The molecule has 3 N–H and O–H groups in total. The Bertz CT molecular complexity index is 560. The number of aryl methyl sites for hydroxylation is 2. The standard InChI is InChI=1S/C16H21N3O/c1-12-10-15(13(2)19-12)8-9-17-16(20)18-11-14-6-4-3-5-7-14/h3-7,10,19H,8-9,11H2,1-2H3,(H2,17,18,20). The molecule has 0 atom stereocenters. The molecule has 0 saturated carbocycles. The van der Waals surface area contributed by atoms with Crippen molar-refractivity contribution in [2.75, 3.05) is 6.54 Å². The molecule has 4 nitrogen and oxygen atoms in total. The van der Waals surface area contributed by atoms with Crippen molar-refractivity contribution >= 4 is 6.03 Å². The second kappa shape index (κ2) is 6.80. The fourth-order valence-electron chi connectivity index (χ4n) is 2.19. The van der Waals surface area contributed by atoms with Gasteiger partial charge < -0.3 is 15.6 Å². The lowest BCUT2D eigenvalue weighted by Gasteiger charge is -2.07. The first-order valence-corrected chi connectivity index (χ1v) is 6.86. The molecule has 0 bridgehead atoms. The van der Waals surface area contributed by atoms with Crippen LogP contribution in [0.5, 0.6) is 0 Å². The second-order valence-corrected chi connectivity index (χ2v) is 4.95. The Morgan fingerprint density at radius 1 is 1.15 bits per heavy atom. The first kappa shape index (κ1) is 14.2. The van der Waals surface area contributed by atoms with Crippen molar-refractivity contribution in [3.8, 4) is 0 Å². The maximum Gasteiger partial charge on any atom is 0.315 e. The minimum atomic E-state index is -0.126. The maximum atomic E-state index is 11.7. The molecular formula is C16H21N3O. The van der Waals surface area contributed by atoms with Crippen molar-refractivity contribution in [1.82, 2.24) is 15.6 Å². The van der Waals surface area contributed by atoms with E-state index in [4.69, 9.17) is 0 Å². The summed E-state index contributed by atoms with van der Waals surface area (Å²) in [6.07, 6.45) is 0.842. The van der Waals surface area contributed by atoms with Gasteiger partial charge in [0, 0.05) is 24.5 Å². The lowest BCUT2D eigenvalue weighted by atomic mass is 10.2. The number of H-pyrrole nitrogens is 1. The molecule has 0 unspecified atom stereocenters. The van der Waals surface area contributed by atoms with Crippen LogP contribution in [0.4, 0.5) is 4.79 Å². The number of aromatic nitrogens is 1. The summed E-state index contributed by atoms with van der Waals surface area (Å²) in [5.74, 6) is 0. The van der Waals surface area contributed by atoms with Crippen LogP contribution in [-0.4, -0.2) is 17.6 Å². The lowest BCUT2D eigenvalue weighted by molar-refractivity contribution is 0.240. The van der Waals surface area contributed by atoms with Gasteiger partial charge >= 0.3 is 6.03 Å². The number of benzene rings is 1. The molecule has 0 aliphatic carbocycles. The van der Waals surface area contributed by atoms with Crippen LogP contribution < -0.4 is 10.6 Å². The predicted octanol–water partition coefficient (Wildman–Crippen LogP) is 2.67. The molecule has 4 heteroatoms. The predicted molar refractivity (Wildman–Crippen MR) is 80.7 cm³/mol. The molecular weight excluding hydrogens is 250 g/mol. The fraction of sp³-hybridized carbons (Fsp3) is 0.312. The highest BCUT2D eigenvalue weighted by atomic mass is 16.2. The summed E-state index contributed by atoms with van der Waals surface area (Å²) >= 11 is 0. The number of hydrogen-bond acceptors (Lipinski definition) is 1. The van der Waals surface area contributed by atoms with E-state index in [9.17, 15) is 4.79 Å². The fourth-order valence-corrected chi connectivity index (χ4v) is 2.19. The van der Waals surface area contributed by atoms with Crippen molar-refractivity contribution in [2.45, 2.75) is 26.8 Å². The third kappa shape index (κ3) is 4.16. The molecule has 20 heavy (non-hydrogen) atoms. The summed E-state index contributed by atoms with van der Waals surface area (Å²) in [5, 5.41) is 5.72. The minimum absolute atomic E-state index is 0.126. The van der Waals surface area contributed by atoms with Crippen molar-refractivity contribution in [2.24, 2.45) is 0 Å². The number of urea groups is 1. The van der Waals surface area contributed by atoms with Crippen LogP contribution in [0, 0.1) is 13.8 Å². The monoisotopic (exact) mass is 271 g/mol. The van der Waals surface area contributed by atoms with Crippen molar-refractivity contribution in [3.63, 3.8) is 0 Å². The first-order chi connectivity index (χ1) is 9.65. The molecule has 1 aromatic heterocycles. The van der Waals surface area contributed by atoms with Gasteiger partial charge in [-0.2, -0.15) is 0 Å². The van der Waals surface area contributed by atoms with Crippen LogP contribution in [0.1, 0.15) is 22.5 Å². The summed E-state index contributed by atoms with van der Waals surface area (Å²) in [7, 11) is 0. The van der Waals surface area contributed by atoms with Crippen molar-refractivity contribution in [3.05, 3.63) is 58.9 Å². The Hall–Kier alpha value is -2.23. The summed E-state index contributed by atoms with van der Waals surface area (Å²) in [5.41, 5.74) is 4.69. The number of carbonyl (C=O) groups excluding carboxylic acids is 1. The number of aromatic amines is 1. The third-order valence-corrected chi connectivity index (χ3v) is 3.23. The van der Waals surface area contributed by atoms with Gasteiger partial charge in [-0.1, -0.05) is 30.3 Å². The molecule has 0 radical (unpaired) electrons. The highest BCUT2D eigenvalue weighted by Crippen LogP contribution is 2.09. The van der Waals surface area contributed by atoms with E-state index in [1.165, 1.54) is 11.3 Å². The topological polar surface area (TPSA) is 56.9 Å². The van der Waals surface area contributed by atoms with Crippen LogP contribution >= 0.6 is 0 Å². The molecule has 2 rings (SSSR count). The molecule has 0 spiro atoms. The van der Waals surface area contributed by atoms with Crippen molar-refractivity contribution < 1.29 is 4.79 Å². The average Bonchev–Trinajstić information content (AvgIpc) is 2.76. The van der Waals surface area contributed by atoms with E-state index in [0.717, 1.165) is 17.7 Å². The van der Waals surface area contributed by atoms with E-state index in [0.29, 0.717) is 13.1 Å². The van der Waals surface area contributed by atoms with Gasteiger partial charge in [0.25, 0.3) is 0 Å². The highest BCUT2D eigenvalue weighted by molar-refractivity contribution is 5.73. The third-order valence-electron chi connectivity index (χ3n) is 3.23. The van der Waals surface area contributed by atoms with Gasteiger partial charge in [-0.3, -0.25) is 0 Å². The van der Waals surface area contributed by atoms with Gasteiger partial charge in [-0.25, -0.2) is 4.79 Å². The smallest absolute Gasteiger partial charge is 0.315 e. The van der Waals surface area contributed by atoms with E-state index in [2.05, 4.69) is 28.6 Å². The van der Waals surface area contributed by atoms with E-state index in [1.807, 2.05) is 37.3 Å². The van der Waals surface area contributed by atoms with Crippen LogP contribution in [-0.2, 0) is 13.0 Å². The summed E-state index contributed by atoms with van der Waals surface area (Å²) < 4.78 is 0. The minimum Gasteiger partial charge on any atom is -0.362 e. The van der Waals surface area contributed by atoms with Gasteiger partial charge in [0.2, 0.25) is 0 Å². The van der Waals surface area contributed by atoms with E-state index >= 15 is 0 Å². The molecule has 1 heterocycles. The molecule has 0 fully saturated rings. The molecule has 106 valence electrons. The number of amides is 2. The molecule has 2 amide bonds. The second-order valence-electron chi connectivity index (χ2n) is 4.95. The first-order valence-electron chi connectivity index (χ1n) is 6.86. The molecule has 0 aliphatic rings. The van der Waals surface area contributed by atoms with Crippen LogP contribution in [0.3, 0.4) is 0 Å². The number of hydrogen-bond donors (Lipinski definition) is 3. The Morgan fingerprint density at radius 3 is 2.55 bits per heavy atom. The average molecular weight is 271 g/mol. The largest absolute Gasteiger partial charge is 0.362 e. The number of rotatable bonds is 5. The van der Waals surface area contributed by atoms with Gasteiger partial charge in [-0.15, -0.1) is 0 Å². The number of carbonyl (C=O) groups is 1. The highest BCUT2D eigenvalue weighted by Gasteiger charge is 2.03. The van der Waals surface area contributed by atoms with Gasteiger partial charge in [0.15, 0.2) is 0 Å². The quantitative estimate of drug-likeness (QED) is 0.769. The van der Waals surface area contributed by atoms with Gasteiger partial charge in [0.05, 0.1) is 0 Å². The van der Waals surface area contributed by atoms with Crippen LogP contribution in [0.15, 0.2) is 36.4 Å². The molecule has 2 aromatic rings. The Balaban J connectivity index is 1.69. The number of nitrogens with one attached hydrogen (secondary N) is 3. The molecule has 1 aromatic carbocycles. The Morgan fingerprint density at radius 2 is 1.90 bits per heavy atom. The van der Waals surface area contributed by atoms with E-state index in [-0.39, 0.29) is 6.03 Å². The zero-order valence-corrected chi connectivity index (χ0v) is 12.0. The zero-order valence-electron chi connectivity index (χ0n) is 12.0. The molecule has 0 saturated heterocycles. The van der Waals surface area contributed by atoms with Gasteiger partial charge in [-0.05, 0) is 37.5 Å². The normalized spacial score (nSPS) is 10.3. The summed E-state index contributed by atoms with van der Waals surface area (Å²) in [6.45, 7) is 5.28. The van der Waals surface area contributed by atoms with Crippen molar-refractivity contribution in [1.29, 1.82) is 0 Å². The Labute approximate surface area is 119 Å². The lowest BCUT2D eigenvalue weighted by Crippen LogP contribution is -2.36. The molecule has 0 aliphatic heterocycles. The zero-order chi connectivity index (χ0) is 14.4. The maximum absolute atomic E-state index is 11.7. The van der Waals surface area contributed by atoms with E-state index in [1.54, 1.807) is 0 Å². The van der Waals surface area contributed by atoms with Crippen LogP contribution in [0.2, 0.25) is 0 Å². The van der Waals surface area contributed by atoms with Crippen LogP contribution in [0.25, 0.3) is 0 Å². The van der Waals surface area contributed by atoms with E-state index < -0.39 is 0 Å². The summed E-state index contributed by atoms with van der Waals surface area (Å²) in [6, 6.07) is 11.9. The summed E-state index contributed by atoms with van der Waals surface area (Å²) in [4.78, 5) is 14.9. The van der Waals surface area contributed by atoms with Gasteiger partial charge in [0.1, 0.15) is 0 Å². The SMILES string of the molecule is Cc1cc(CCNC(=O)NCc2ccccc2)c(C)[nH]1. The Kier molecular flexibility index (Phi) is 4.82.